The van der Waals surface area contributed by atoms with E-state index >= 15 is 0 Å². The molecule has 2 rings (SSSR count). The van der Waals surface area contributed by atoms with Gasteiger partial charge >= 0.3 is 0 Å². The summed E-state index contributed by atoms with van der Waals surface area (Å²) >= 11 is 0. The minimum atomic E-state index is -0.927. The summed E-state index contributed by atoms with van der Waals surface area (Å²) in [5, 5.41) is 10.6. The molecule has 0 aliphatic heterocycles. The van der Waals surface area contributed by atoms with Crippen molar-refractivity contribution in [3.63, 3.8) is 0 Å². The first-order chi connectivity index (χ1) is 9.86. The number of aliphatic hydroxyl groups excluding tert-OH is 1. The van der Waals surface area contributed by atoms with Gasteiger partial charge in [0, 0.05) is 5.41 Å². The number of hydrogen-bond donors (Lipinski definition) is 1. The summed E-state index contributed by atoms with van der Waals surface area (Å²) in [5.74, 6) is -0.728. The van der Waals surface area contributed by atoms with Crippen LogP contribution in [0.25, 0.3) is 0 Å². The van der Waals surface area contributed by atoms with E-state index in [1.54, 1.807) is 18.2 Å². The molecule has 21 heavy (non-hydrogen) atoms. The number of rotatable bonds is 4. The second-order valence-electron chi connectivity index (χ2n) is 5.53. The van der Waals surface area contributed by atoms with E-state index < -0.39 is 17.3 Å². The third kappa shape index (κ3) is 3.05. The molecule has 0 spiro atoms. The summed E-state index contributed by atoms with van der Waals surface area (Å²) in [6.07, 6.45) is -0.927. The SMILES string of the molecule is COc1ccc(C(O)C(C)(C)c2ccc(F)cc2)cc1F. The van der Waals surface area contributed by atoms with Gasteiger partial charge in [-0.25, -0.2) is 8.78 Å². The summed E-state index contributed by atoms with van der Waals surface area (Å²) in [7, 11) is 1.39. The molecule has 1 unspecified atom stereocenters. The average molecular weight is 292 g/mol. The molecule has 2 aromatic carbocycles. The smallest absolute Gasteiger partial charge is 0.165 e. The van der Waals surface area contributed by atoms with Crippen LogP contribution in [0.3, 0.4) is 0 Å². The molecule has 0 aliphatic carbocycles. The van der Waals surface area contributed by atoms with E-state index in [1.807, 2.05) is 13.8 Å². The van der Waals surface area contributed by atoms with E-state index in [4.69, 9.17) is 4.74 Å². The molecule has 0 radical (unpaired) electrons. The first kappa shape index (κ1) is 15.4. The van der Waals surface area contributed by atoms with Gasteiger partial charge in [0.1, 0.15) is 5.82 Å². The maximum Gasteiger partial charge on any atom is 0.165 e. The number of aliphatic hydroxyl groups is 1. The largest absolute Gasteiger partial charge is 0.494 e. The summed E-state index contributed by atoms with van der Waals surface area (Å²) in [6.45, 7) is 3.65. The van der Waals surface area contributed by atoms with Gasteiger partial charge in [-0.3, -0.25) is 0 Å². The molecule has 4 heteroatoms. The van der Waals surface area contributed by atoms with Crippen LogP contribution in [0.1, 0.15) is 31.1 Å². The molecule has 112 valence electrons. The van der Waals surface area contributed by atoms with E-state index in [9.17, 15) is 13.9 Å². The van der Waals surface area contributed by atoms with Gasteiger partial charge in [-0.1, -0.05) is 32.0 Å². The Kier molecular flexibility index (Phi) is 4.28. The molecule has 0 fully saturated rings. The highest BCUT2D eigenvalue weighted by molar-refractivity contribution is 5.35. The summed E-state index contributed by atoms with van der Waals surface area (Å²) in [4.78, 5) is 0. The normalized spacial score (nSPS) is 13.0. The second-order valence-corrected chi connectivity index (χ2v) is 5.53. The van der Waals surface area contributed by atoms with Gasteiger partial charge in [0.2, 0.25) is 0 Å². The van der Waals surface area contributed by atoms with Crippen molar-refractivity contribution in [3.8, 4) is 5.75 Å². The zero-order valence-electron chi connectivity index (χ0n) is 12.2. The molecule has 0 aliphatic rings. The van der Waals surface area contributed by atoms with Gasteiger partial charge in [-0.2, -0.15) is 0 Å². The van der Waals surface area contributed by atoms with Crippen molar-refractivity contribution < 1.29 is 18.6 Å². The van der Waals surface area contributed by atoms with Gasteiger partial charge in [-0.15, -0.1) is 0 Å². The van der Waals surface area contributed by atoms with Gasteiger partial charge in [0.05, 0.1) is 13.2 Å². The molecule has 0 heterocycles. The zero-order valence-corrected chi connectivity index (χ0v) is 12.2. The Hall–Kier alpha value is -1.94. The molecule has 1 N–H and O–H groups in total. The van der Waals surface area contributed by atoms with Crippen molar-refractivity contribution in [2.24, 2.45) is 0 Å². The Morgan fingerprint density at radius 3 is 2.19 bits per heavy atom. The fourth-order valence-electron chi connectivity index (χ4n) is 2.31. The molecule has 0 saturated carbocycles. The standard InChI is InChI=1S/C17H18F2O2/c1-17(2,12-5-7-13(18)8-6-12)16(20)11-4-9-15(21-3)14(19)10-11/h4-10,16,20H,1-3H3. The summed E-state index contributed by atoms with van der Waals surface area (Å²) < 4.78 is 31.6. The van der Waals surface area contributed by atoms with E-state index in [0.717, 1.165) is 5.56 Å². The van der Waals surface area contributed by atoms with Crippen molar-refractivity contribution in [2.75, 3.05) is 7.11 Å². The van der Waals surface area contributed by atoms with Crippen LogP contribution < -0.4 is 4.74 Å². The molecular formula is C17H18F2O2. The highest BCUT2D eigenvalue weighted by atomic mass is 19.1. The number of benzene rings is 2. The van der Waals surface area contributed by atoms with Crippen LogP contribution in [-0.2, 0) is 5.41 Å². The maximum atomic E-state index is 13.8. The predicted octanol–water partition coefficient (Wildman–Crippen LogP) is 3.98. The third-order valence-electron chi connectivity index (χ3n) is 3.76. The lowest BCUT2D eigenvalue weighted by Gasteiger charge is -2.31. The molecule has 0 saturated heterocycles. The minimum absolute atomic E-state index is 0.130. The highest BCUT2D eigenvalue weighted by Crippen LogP contribution is 2.37. The quantitative estimate of drug-likeness (QED) is 0.923. The van der Waals surface area contributed by atoms with E-state index in [-0.39, 0.29) is 11.6 Å². The van der Waals surface area contributed by atoms with Crippen LogP contribution in [0.4, 0.5) is 8.78 Å². The molecule has 2 nitrogen and oxygen atoms in total. The number of ether oxygens (including phenoxy) is 1. The van der Waals surface area contributed by atoms with Crippen molar-refractivity contribution in [2.45, 2.75) is 25.4 Å². The van der Waals surface area contributed by atoms with Crippen LogP contribution >= 0.6 is 0 Å². The van der Waals surface area contributed by atoms with Crippen LogP contribution in [0.5, 0.6) is 5.75 Å². The third-order valence-corrected chi connectivity index (χ3v) is 3.76. The number of methoxy groups -OCH3 is 1. The van der Waals surface area contributed by atoms with Crippen molar-refractivity contribution >= 4 is 0 Å². The van der Waals surface area contributed by atoms with E-state index in [0.29, 0.717) is 5.56 Å². The lowest BCUT2D eigenvalue weighted by Crippen LogP contribution is -2.27. The molecule has 2 aromatic rings. The minimum Gasteiger partial charge on any atom is -0.494 e. The molecule has 1 atom stereocenters. The summed E-state index contributed by atoms with van der Waals surface area (Å²) in [6, 6.07) is 10.3. The van der Waals surface area contributed by atoms with E-state index in [2.05, 4.69) is 0 Å². The van der Waals surface area contributed by atoms with Gasteiger partial charge in [0.15, 0.2) is 11.6 Å². The Morgan fingerprint density at radius 1 is 1.05 bits per heavy atom. The topological polar surface area (TPSA) is 29.5 Å². The van der Waals surface area contributed by atoms with Crippen molar-refractivity contribution in [3.05, 3.63) is 65.2 Å². The second kappa shape index (κ2) is 5.82. The van der Waals surface area contributed by atoms with Crippen LogP contribution in [0, 0.1) is 11.6 Å². The fraction of sp³-hybridized carbons (Fsp3) is 0.294. The lowest BCUT2D eigenvalue weighted by molar-refractivity contribution is 0.0998. The molecule has 0 amide bonds. The Bertz CT molecular complexity index is 621. The van der Waals surface area contributed by atoms with Crippen molar-refractivity contribution in [1.82, 2.24) is 0 Å². The van der Waals surface area contributed by atoms with Crippen LogP contribution in [0.15, 0.2) is 42.5 Å². The maximum absolute atomic E-state index is 13.8. The van der Waals surface area contributed by atoms with Crippen LogP contribution in [0.2, 0.25) is 0 Å². The molecular weight excluding hydrogens is 274 g/mol. The Morgan fingerprint density at radius 2 is 1.67 bits per heavy atom. The van der Waals surface area contributed by atoms with Gasteiger partial charge < -0.3 is 9.84 Å². The summed E-state index contributed by atoms with van der Waals surface area (Å²) in [5.41, 5.74) is 0.532. The number of hydrogen-bond acceptors (Lipinski definition) is 2. The average Bonchev–Trinajstić information content (AvgIpc) is 2.46. The zero-order chi connectivity index (χ0) is 15.6. The highest BCUT2D eigenvalue weighted by Gasteiger charge is 2.31. The Labute approximate surface area is 123 Å². The van der Waals surface area contributed by atoms with E-state index in [1.165, 1.54) is 31.4 Å². The van der Waals surface area contributed by atoms with Gasteiger partial charge in [0.25, 0.3) is 0 Å². The predicted molar refractivity (Wildman–Crippen MR) is 77.3 cm³/mol. The monoisotopic (exact) mass is 292 g/mol. The first-order valence-electron chi connectivity index (χ1n) is 6.64. The fourth-order valence-corrected chi connectivity index (χ4v) is 2.31. The lowest BCUT2D eigenvalue weighted by atomic mass is 9.76. The number of halogens is 2. The first-order valence-corrected chi connectivity index (χ1v) is 6.64. The molecule has 0 aromatic heterocycles. The molecule has 0 bridgehead atoms. The van der Waals surface area contributed by atoms with Gasteiger partial charge in [-0.05, 0) is 35.4 Å². The van der Waals surface area contributed by atoms with Crippen LogP contribution in [-0.4, -0.2) is 12.2 Å². The Balaban J connectivity index is 2.35. The van der Waals surface area contributed by atoms with Crippen molar-refractivity contribution in [1.29, 1.82) is 0 Å².